The van der Waals surface area contributed by atoms with Crippen molar-refractivity contribution in [1.82, 2.24) is 9.80 Å². The van der Waals surface area contributed by atoms with E-state index >= 15 is 0 Å². The lowest BCUT2D eigenvalue weighted by molar-refractivity contribution is -0.137. The van der Waals surface area contributed by atoms with E-state index in [0.717, 1.165) is 12.8 Å². The summed E-state index contributed by atoms with van der Waals surface area (Å²) in [4.78, 5) is 26.3. The lowest BCUT2D eigenvalue weighted by atomic mass is 10.1. The summed E-state index contributed by atoms with van der Waals surface area (Å²) >= 11 is 0. The number of ether oxygens (including phenoxy) is 1. The van der Waals surface area contributed by atoms with E-state index in [1.165, 1.54) is 0 Å². The molecule has 0 saturated carbocycles. The van der Waals surface area contributed by atoms with E-state index in [2.05, 4.69) is 13.8 Å². The Morgan fingerprint density at radius 3 is 2.25 bits per heavy atom. The van der Waals surface area contributed by atoms with Gasteiger partial charge in [-0.2, -0.15) is 0 Å². The number of aliphatic carboxylic acids is 1. The van der Waals surface area contributed by atoms with Gasteiger partial charge in [0.25, 0.3) is 0 Å². The Morgan fingerprint density at radius 2 is 1.80 bits per heavy atom. The molecule has 0 aromatic heterocycles. The molecular formula is C14H28N2O4. The number of hydrogen-bond donors (Lipinski definition) is 1. The van der Waals surface area contributed by atoms with Crippen molar-refractivity contribution in [3.63, 3.8) is 0 Å². The summed E-state index contributed by atoms with van der Waals surface area (Å²) < 4.78 is 5.06. The molecule has 0 aromatic rings. The summed E-state index contributed by atoms with van der Waals surface area (Å²) in [5, 5.41) is 8.62. The maximum absolute atomic E-state index is 12.4. The van der Waals surface area contributed by atoms with E-state index in [-0.39, 0.29) is 18.5 Å². The third kappa shape index (κ3) is 6.75. The molecule has 0 fully saturated rings. The topological polar surface area (TPSA) is 70.1 Å². The van der Waals surface area contributed by atoms with Crippen molar-refractivity contribution < 1.29 is 19.4 Å². The van der Waals surface area contributed by atoms with Crippen LogP contribution in [0, 0.1) is 0 Å². The summed E-state index contributed by atoms with van der Waals surface area (Å²) in [6.07, 6.45) is 2.35. The molecule has 6 nitrogen and oxygen atoms in total. The number of nitrogens with zero attached hydrogens (tertiary/aromatic N) is 2. The molecule has 0 bridgehead atoms. The summed E-state index contributed by atoms with van der Waals surface area (Å²) in [6, 6.07) is 0.140. The van der Waals surface area contributed by atoms with Crippen LogP contribution in [0.15, 0.2) is 0 Å². The smallest absolute Gasteiger partial charge is 0.320 e. The minimum Gasteiger partial charge on any atom is -0.481 e. The second-order valence-electron chi connectivity index (χ2n) is 4.86. The first-order chi connectivity index (χ1) is 9.47. The molecule has 0 rings (SSSR count). The molecule has 0 atom stereocenters. The summed E-state index contributed by atoms with van der Waals surface area (Å²) in [7, 11) is 3.33. The van der Waals surface area contributed by atoms with Crippen molar-refractivity contribution >= 4 is 12.0 Å². The van der Waals surface area contributed by atoms with Crippen molar-refractivity contribution in [2.45, 2.75) is 45.6 Å². The minimum absolute atomic E-state index is 0.0545. The molecule has 1 N–H and O–H groups in total. The molecule has 0 radical (unpaired) electrons. The van der Waals surface area contributed by atoms with Gasteiger partial charge in [0.2, 0.25) is 0 Å². The van der Waals surface area contributed by atoms with Gasteiger partial charge in [-0.25, -0.2) is 4.79 Å². The van der Waals surface area contributed by atoms with E-state index in [1.54, 1.807) is 19.1 Å². The molecule has 0 unspecified atom stereocenters. The van der Waals surface area contributed by atoms with Crippen molar-refractivity contribution in [3.8, 4) is 0 Å². The molecule has 2 amide bonds. The van der Waals surface area contributed by atoms with Crippen LogP contribution in [0.1, 0.15) is 39.5 Å². The SMILES string of the molecule is CCC(CC)N(CCOC)C(=O)N(C)CCCC(=O)O. The number of amides is 2. The van der Waals surface area contributed by atoms with Crippen molar-refractivity contribution in [3.05, 3.63) is 0 Å². The quantitative estimate of drug-likeness (QED) is 0.668. The fourth-order valence-electron chi connectivity index (χ4n) is 2.14. The number of carbonyl (C=O) groups excluding carboxylic acids is 1. The third-order valence-electron chi connectivity index (χ3n) is 3.38. The summed E-state index contributed by atoms with van der Waals surface area (Å²) in [5.41, 5.74) is 0. The Labute approximate surface area is 121 Å². The number of methoxy groups -OCH3 is 1. The van der Waals surface area contributed by atoms with Crippen LogP contribution in [0.3, 0.4) is 0 Å². The molecule has 0 saturated heterocycles. The second kappa shape index (κ2) is 10.5. The molecule has 20 heavy (non-hydrogen) atoms. The maximum Gasteiger partial charge on any atom is 0.320 e. The average molecular weight is 288 g/mol. The number of rotatable bonds is 10. The zero-order valence-corrected chi connectivity index (χ0v) is 13.1. The molecule has 0 aliphatic rings. The van der Waals surface area contributed by atoms with Crippen LogP contribution < -0.4 is 0 Å². The Hall–Kier alpha value is -1.30. The monoisotopic (exact) mass is 288 g/mol. The Balaban J connectivity index is 4.53. The Bertz CT molecular complexity index is 293. The number of hydrogen-bond acceptors (Lipinski definition) is 3. The first kappa shape index (κ1) is 18.7. The standard InChI is InChI=1S/C14H28N2O4/c1-5-12(6-2)16(10-11-20-4)14(19)15(3)9-7-8-13(17)18/h12H,5-11H2,1-4H3,(H,17,18). The predicted octanol–water partition coefficient (Wildman–Crippen LogP) is 2.04. The van der Waals surface area contributed by atoms with Gasteiger partial charge in [0.15, 0.2) is 0 Å². The zero-order valence-electron chi connectivity index (χ0n) is 13.1. The van der Waals surface area contributed by atoms with Gasteiger partial charge in [0, 0.05) is 39.7 Å². The highest BCUT2D eigenvalue weighted by Gasteiger charge is 2.23. The van der Waals surface area contributed by atoms with Crippen LogP contribution in [0.25, 0.3) is 0 Å². The first-order valence-corrected chi connectivity index (χ1v) is 7.20. The van der Waals surface area contributed by atoms with E-state index in [0.29, 0.717) is 26.1 Å². The lowest BCUT2D eigenvalue weighted by Gasteiger charge is -2.34. The molecule has 0 aliphatic carbocycles. The fourth-order valence-corrected chi connectivity index (χ4v) is 2.14. The van der Waals surface area contributed by atoms with Gasteiger partial charge in [-0.15, -0.1) is 0 Å². The average Bonchev–Trinajstić information content (AvgIpc) is 2.42. The normalized spacial score (nSPS) is 10.7. The van der Waals surface area contributed by atoms with Crippen LogP contribution in [0.4, 0.5) is 4.79 Å². The van der Waals surface area contributed by atoms with Crippen LogP contribution >= 0.6 is 0 Å². The van der Waals surface area contributed by atoms with Gasteiger partial charge in [-0.05, 0) is 19.3 Å². The number of carboxylic acids is 1. The molecule has 0 aliphatic heterocycles. The predicted molar refractivity (Wildman–Crippen MR) is 77.8 cm³/mol. The van der Waals surface area contributed by atoms with Crippen molar-refractivity contribution in [1.29, 1.82) is 0 Å². The maximum atomic E-state index is 12.4. The lowest BCUT2D eigenvalue weighted by Crippen LogP contribution is -2.48. The van der Waals surface area contributed by atoms with Gasteiger partial charge in [0.1, 0.15) is 0 Å². The van der Waals surface area contributed by atoms with Crippen LogP contribution in [-0.4, -0.2) is 66.8 Å². The highest BCUT2D eigenvalue weighted by Crippen LogP contribution is 2.11. The molecule has 0 aromatic carbocycles. The van der Waals surface area contributed by atoms with Crippen LogP contribution in [-0.2, 0) is 9.53 Å². The van der Waals surface area contributed by atoms with Gasteiger partial charge in [-0.1, -0.05) is 13.8 Å². The van der Waals surface area contributed by atoms with E-state index in [4.69, 9.17) is 9.84 Å². The number of carboxylic acid groups (broad SMARTS) is 1. The largest absolute Gasteiger partial charge is 0.481 e. The van der Waals surface area contributed by atoms with Gasteiger partial charge in [0.05, 0.1) is 6.61 Å². The summed E-state index contributed by atoms with van der Waals surface area (Å²) in [5.74, 6) is -0.831. The first-order valence-electron chi connectivity index (χ1n) is 7.20. The number of carbonyl (C=O) groups is 2. The fraction of sp³-hybridized carbons (Fsp3) is 0.857. The molecule has 0 heterocycles. The van der Waals surface area contributed by atoms with E-state index in [9.17, 15) is 9.59 Å². The van der Waals surface area contributed by atoms with Gasteiger partial charge in [-0.3, -0.25) is 4.79 Å². The van der Waals surface area contributed by atoms with Crippen molar-refractivity contribution in [2.24, 2.45) is 0 Å². The zero-order chi connectivity index (χ0) is 15.5. The van der Waals surface area contributed by atoms with Crippen molar-refractivity contribution in [2.75, 3.05) is 33.9 Å². The molecular weight excluding hydrogens is 260 g/mol. The Kier molecular flexibility index (Phi) is 9.80. The minimum atomic E-state index is -0.831. The molecule has 6 heteroatoms. The second-order valence-corrected chi connectivity index (χ2v) is 4.86. The van der Waals surface area contributed by atoms with E-state index in [1.807, 2.05) is 4.90 Å². The van der Waals surface area contributed by atoms with Gasteiger partial charge < -0.3 is 19.6 Å². The van der Waals surface area contributed by atoms with Crippen LogP contribution in [0.2, 0.25) is 0 Å². The van der Waals surface area contributed by atoms with Gasteiger partial charge >= 0.3 is 12.0 Å². The third-order valence-corrected chi connectivity index (χ3v) is 3.38. The van der Waals surface area contributed by atoms with Crippen LogP contribution in [0.5, 0.6) is 0 Å². The highest BCUT2D eigenvalue weighted by molar-refractivity contribution is 5.74. The molecule has 0 spiro atoms. The van der Waals surface area contributed by atoms with E-state index < -0.39 is 5.97 Å². The summed E-state index contributed by atoms with van der Waals surface area (Å²) in [6.45, 7) is 5.64. The highest BCUT2D eigenvalue weighted by atomic mass is 16.5. The molecule has 118 valence electrons. The Morgan fingerprint density at radius 1 is 1.20 bits per heavy atom. The number of urea groups is 1.